The van der Waals surface area contributed by atoms with Gasteiger partial charge in [-0.1, -0.05) is 19.1 Å². The number of carbonyl (C=O) groups is 1. The average Bonchev–Trinajstić information content (AvgIpc) is 2.85. The van der Waals surface area contributed by atoms with Crippen LogP contribution in [-0.4, -0.2) is 40.4 Å². The lowest BCUT2D eigenvalue weighted by Gasteiger charge is -2.08. The van der Waals surface area contributed by atoms with Gasteiger partial charge in [-0.05, 0) is 18.6 Å². The maximum Gasteiger partial charge on any atom is 0.326 e. The lowest BCUT2D eigenvalue weighted by molar-refractivity contribution is -0.145. The molecule has 0 amide bonds. The number of imidazole rings is 1. The molecule has 0 saturated heterocycles. The molecule has 0 saturated carbocycles. The first kappa shape index (κ1) is 15.5. The molecule has 21 heavy (non-hydrogen) atoms. The van der Waals surface area contributed by atoms with Crippen LogP contribution < -0.4 is 0 Å². The summed E-state index contributed by atoms with van der Waals surface area (Å²) in [6.07, 6.45) is 0.939. The van der Waals surface area contributed by atoms with Gasteiger partial charge in [0.25, 0.3) is 0 Å². The second kappa shape index (κ2) is 7.75. The van der Waals surface area contributed by atoms with E-state index in [2.05, 4.69) is 4.98 Å². The van der Waals surface area contributed by atoms with E-state index in [0.29, 0.717) is 19.0 Å². The maximum absolute atomic E-state index is 11.8. The van der Waals surface area contributed by atoms with E-state index in [-0.39, 0.29) is 25.7 Å². The fraction of sp³-hybridized carbons (Fsp3) is 0.467. The van der Waals surface area contributed by atoms with Gasteiger partial charge in [-0.3, -0.25) is 4.79 Å². The molecule has 6 heteroatoms. The van der Waals surface area contributed by atoms with E-state index in [1.54, 1.807) is 4.57 Å². The van der Waals surface area contributed by atoms with E-state index in [1.807, 2.05) is 31.2 Å². The largest absolute Gasteiger partial charge is 0.462 e. The van der Waals surface area contributed by atoms with E-state index >= 15 is 0 Å². The fourth-order valence-corrected chi connectivity index (χ4v) is 2.06. The number of para-hydroxylation sites is 2. The molecule has 2 rings (SSSR count). The monoisotopic (exact) mass is 292 g/mol. The lowest BCUT2D eigenvalue weighted by Crippen LogP contribution is -2.18. The molecule has 0 bridgehead atoms. The molecular formula is C15H20N2O4. The maximum atomic E-state index is 11.8. The number of fused-ring (bicyclic) bond motifs is 1. The van der Waals surface area contributed by atoms with E-state index in [1.165, 1.54) is 0 Å². The quantitative estimate of drug-likeness (QED) is 0.589. The molecule has 0 atom stereocenters. The zero-order valence-electron chi connectivity index (χ0n) is 12.1. The summed E-state index contributed by atoms with van der Waals surface area (Å²) in [6.45, 7) is 3.13. The third-order valence-corrected chi connectivity index (χ3v) is 3.00. The van der Waals surface area contributed by atoms with Crippen molar-refractivity contribution in [1.82, 2.24) is 9.55 Å². The molecule has 0 spiro atoms. The Bertz CT molecular complexity index is 594. The molecule has 0 aliphatic carbocycles. The number of rotatable bonds is 8. The van der Waals surface area contributed by atoms with Crippen molar-refractivity contribution in [2.45, 2.75) is 26.5 Å². The van der Waals surface area contributed by atoms with Crippen LogP contribution in [0.25, 0.3) is 11.0 Å². The van der Waals surface area contributed by atoms with Gasteiger partial charge in [0.05, 0.1) is 17.6 Å². The Labute approximate surface area is 123 Å². The second-order valence-corrected chi connectivity index (χ2v) is 4.59. The van der Waals surface area contributed by atoms with Gasteiger partial charge in [-0.15, -0.1) is 0 Å². The normalized spacial score (nSPS) is 11.0. The molecule has 1 N–H and O–H groups in total. The zero-order valence-corrected chi connectivity index (χ0v) is 12.1. The van der Waals surface area contributed by atoms with Gasteiger partial charge in [0.15, 0.2) is 0 Å². The summed E-state index contributed by atoms with van der Waals surface area (Å²) < 4.78 is 12.0. The van der Waals surface area contributed by atoms with Crippen molar-refractivity contribution in [2.75, 3.05) is 19.8 Å². The van der Waals surface area contributed by atoms with E-state index in [0.717, 1.165) is 17.5 Å². The van der Waals surface area contributed by atoms with Crippen molar-refractivity contribution in [2.24, 2.45) is 0 Å². The van der Waals surface area contributed by atoms with Crippen molar-refractivity contribution in [1.29, 1.82) is 0 Å². The number of aliphatic hydroxyl groups is 1. The Morgan fingerprint density at radius 1 is 1.29 bits per heavy atom. The van der Waals surface area contributed by atoms with Crippen molar-refractivity contribution >= 4 is 17.0 Å². The summed E-state index contributed by atoms with van der Waals surface area (Å²) >= 11 is 0. The van der Waals surface area contributed by atoms with Crippen LogP contribution in [0, 0.1) is 0 Å². The number of hydrogen-bond acceptors (Lipinski definition) is 5. The minimum atomic E-state index is -0.368. The summed E-state index contributed by atoms with van der Waals surface area (Å²) in [4.78, 5) is 16.1. The van der Waals surface area contributed by atoms with Crippen LogP contribution in [0.5, 0.6) is 0 Å². The number of esters is 1. The predicted molar refractivity (Wildman–Crippen MR) is 77.7 cm³/mol. The third-order valence-electron chi connectivity index (χ3n) is 3.00. The smallest absolute Gasteiger partial charge is 0.326 e. The summed E-state index contributed by atoms with van der Waals surface area (Å²) in [5.41, 5.74) is 1.56. The van der Waals surface area contributed by atoms with Gasteiger partial charge in [0.1, 0.15) is 25.6 Å². The molecular weight excluding hydrogens is 272 g/mol. The summed E-state index contributed by atoms with van der Waals surface area (Å²) in [6, 6.07) is 7.43. The highest BCUT2D eigenvalue weighted by Crippen LogP contribution is 2.16. The van der Waals surface area contributed by atoms with E-state index in [9.17, 15) is 9.90 Å². The minimum Gasteiger partial charge on any atom is -0.462 e. The Balaban J connectivity index is 1.97. The van der Waals surface area contributed by atoms with Crippen molar-refractivity contribution in [3.8, 4) is 0 Å². The van der Waals surface area contributed by atoms with Gasteiger partial charge in [-0.25, -0.2) is 4.98 Å². The van der Waals surface area contributed by atoms with Crippen LogP contribution in [-0.2, 0) is 27.4 Å². The van der Waals surface area contributed by atoms with E-state index in [4.69, 9.17) is 9.47 Å². The molecule has 0 unspecified atom stereocenters. The van der Waals surface area contributed by atoms with Gasteiger partial charge in [-0.2, -0.15) is 0 Å². The van der Waals surface area contributed by atoms with Gasteiger partial charge in [0.2, 0.25) is 0 Å². The second-order valence-electron chi connectivity index (χ2n) is 4.59. The number of aliphatic hydroxyl groups excluding tert-OH is 1. The topological polar surface area (TPSA) is 73.6 Å². The first-order valence-corrected chi connectivity index (χ1v) is 7.04. The molecule has 114 valence electrons. The summed E-state index contributed by atoms with van der Waals surface area (Å²) in [7, 11) is 0. The lowest BCUT2D eigenvalue weighted by atomic mass is 10.3. The number of aromatic nitrogens is 2. The van der Waals surface area contributed by atoms with Gasteiger partial charge in [0, 0.05) is 6.61 Å². The first-order valence-electron chi connectivity index (χ1n) is 7.04. The predicted octanol–water partition coefficient (Wildman–Crippen LogP) is 1.50. The minimum absolute atomic E-state index is 0.0319. The van der Waals surface area contributed by atoms with E-state index < -0.39 is 0 Å². The van der Waals surface area contributed by atoms with Crippen LogP contribution in [0.2, 0.25) is 0 Å². The molecule has 1 aromatic carbocycles. The molecule has 1 aromatic heterocycles. The fourth-order valence-electron chi connectivity index (χ4n) is 2.06. The molecule has 0 aliphatic heterocycles. The standard InChI is InChI=1S/C15H20N2O4/c1-2-7-20-8-9-21-15(19)10-17-13-6-4-3-5-12(13)16-14(17)11-18/h3-6,18H,2,7-11H2,1H3. The number of nitrogens with zero attached hydrogens (tertiary/aromatic N) is 2. The van der Waals surface area contributed by atoms with Crippen LogP contribution in [0.1, 0.15) is 19.2 Å². The third kappa shape index (κ3) is 4.03. The first-order chi connectivity index (χ1) is 10.3. The number of hydrogen-bond donors (Lipinski definition) is 1. The van der Waals surface area contributed by atoms with Crippen molar-refractivity contribution in [3.05, 3.63) is 30.1 Å². The number of carbonyl (C=O) groups excluding carboxylic acids is 1. The molecule has 2 aromatic rings. The van der Waals surface area contributed by atoms with Gasteiger partial charge >= 0.3 is 5.97 Å². The Morgan fingerprint density at radius 2 is 2.10 bits per heavy atom. The van der Waals surface area contributed by atoms with Crippen molar-refractivity contribution < 1.29 is 19.4 Å². The number of benzene rings is 1. The molecule has 0 aliphatic rings. The van der Waals surface area contributed by atoms with Crippen LogP contribution in [0.4, 0.5) is 0 Å². The van der Waals surface area contributed by atoms with Crippen LogP contribution in [0.15, 0.2) is 24.3 Å². The van der Waals surface area contributed by atoms with Gasteiger partial charge < -0.3 is 19.1 Å². The summed E-state index contributed by atoms with van der Waals surface area (Å²) in [5, 5.41) is 9.35. The van der Waals surface area contributed by atoms with Crippen LogP contribution in [0.3, 0.4) is 0 Å². The summed E-state index contributed by atoms with van der Waals surface area (Å²) in [5.74, 6) is 0.0864. The SMILES string of the molecule is CCCOCCOC(=O)Cn1c(CO)nc2ccccc21. The highest BCUT2D eigenvalue weighted by atomic mass is 16.6. The number of ether oxygens (including phenoxy) is 2. The Kier molecular flexibility index (Phi) is 5.71. The molecule has 6 nitrogen and oxygen atoms in total. The highest BCUT2D eigenvalue weighted by Gasteiger charge is 2.13. The highest BCUT2D eigenvalue weighted by molar-refractivity contribution is 5.78. The molecule has 0 fully saturated rings. The van der Waals surface area contributed by atoms with Crippen LogP contribution >= 0.6 is 0 Å². The Hall–Kier alpha value is -1.92. The molecule has 1 heterocycles. The van der Waals surface area contributed by atoms with Crippen molar-refractivity contribution in [3.63, 3.8) is 0 Å². The zero-order chi connectivity index (χ0) is 15.1. The molecule has 0 radical (unpaired) electrons. The average molecular weight is 292 g/mol. The Morgan fingerprint density at radius 3 is 2.86 bits per heavy atom.